The van der Waals surface area contributed by atoms with Gasteiger partial charge < -0.3 is 11.1 Å². The number of nitrogens with one attached hydrogen (secondary N) is 1. The van der Waals surface area contributed by atoms with Gasteiger partial charge in [-0.3, -0.25) is 9.59 Å². The molecule has 1 heterocycles. The zero-order chi connectivity index (χ0) is 15.9. The molecule has 0 aliphatic rings. The van der Waals surface area contributed by atoms with E-state index in [1.807, 2.05) is 30.3 Å². The van der Waals surface area contributed by atoms with Gasteiger partial charge in [-0.1, -0.05) is 53.4 Å². The summed E-state index contributed by atoms with van der Waals surface area (Å²) in [5, 5.41) is 10.6. The maximum atomic E-state index is 12.0. The fourth-order valence-electron chi connectivity index (χ4n) is 1.79. The van der Waals surface area contributed by atoms with Gasteiger partial charge in [-0.25, -0.2) is 0 Å². The average molecular weight is 336 g/mol. The molecule has 0 aliphatic carbocycles. The number of amides is 1. The SMILES string of the molecule is CC(=O)C(Cc1ccccc1)NC(=O)CSc1nnc(N)s1. The Kier molecular flexibility index (Phi) is 5.91. The molecule has 1 amide bonds. The minimum atomic E-state index is -0.519. The molecule has 8 heteroatoms. The number of hydrogen-bond donors (Lipinski definition) is 2. The Balaban J connectivity index is 1.87. The number of nitrogen functional groups attached to an aromatic ring is 1. The van der Waals surface area contributed by atoms with Crippen molar-refractivity contribution in [1.82, 2.24) is 15.5 Å². The molecule has 0 saturated heterocycles. The quantitative estimate of drug-likeness (QED) is 0.744. The second-order valence-corrected chi connectivity index (χ2v) is 6.85. The zero-order valence-corrected chi connectivity index (χ0v) is 13.6. The van der Waals surface area contributed by atoms with Crippen LogP contribution in [0.2, 0.25) is 0 Å². The van der Waals surface area contributed by atoms with Crippen LogP contribution < -0.4 is 11.1 Å². The lowest BCUT2D eigenvalue weighted by molar-refractivity contribution is -0.125. The number of carbonyl (C=O) groups is 2. The van der Waals surface area contributed by atoms with E-state index in [0.717, 1.165) is 5.56 Å². The minimum absolute atomic E-state index is 0.0673. The summed E-state index contributed by atoms with van der Waals surface area (Å²) in [5.41, 5.74) is 6.48. The Labute approximate surface area is 136 Å². The van der Waals surface area contributed by atoms with E-state index in [1.54, 1.807) is 0 Å². The van der Waals surface area contributed by atoms with Crippen LogP contribution in [0.4, 0.5) is 5.13 Å². The van der Waals surface area contributed by atoms with Crippen molar-refractivity contribution >= 4 is 39.9 Å². The number of aromatic nitrogens is 2. The molecule has 0 aliphatic heterocycles. The van der Waals surface area contributed by atoms with Crippen LogP contribution in [0, 0.1) is 0 Å². The van der Waals surface area contributed by atoms with Gasteiger partial charge in [0, 0.05) is 0 Å². The van der Waals surface area contributed by atoms with Crippen molar-refractivity contribution in [2.45, 2.75) is 23.7 Å². The van der Waals surface area contributed by atoms with Crippen molar-refractivity contribution in [2.24, 2.45) is 0 Å². The third-order valence-electron chi connectivity index (χ3n) is 2.86. The molecule has 1 atom stereocenters. The van der Waals surface area contributed by atoms with E-state index in [2.05, 4.69) is 15.5 Å². The van der Waals surface area contributed by atoms with Gasteiger partial charge in [0.1, 0.15) is 0 Å². The van der Waals surface area contributed by atoms with Gasteiger partial charge in [0.15, 0.2) is 10.1 Å². The van der Waals surface area contributed by atoms with Crippen molar-refractivity contribution in [2.75, 3.05) is 11.5 Å². The maximum Gasteiger partial charge on any atom is 0.231 e. The molecule has 0 fully saturated rings. The van der Waals surface area contributed by atoms with Crippen molar-refractivity contribution in [3.63, 3.8) is 0 Å². The Bertz CT molecular complexity index is 645. The third kappa shape index (κ3) is 5.12. The number of ketones is 1. The second kappa shape index (κ2) is 7.90. The van der Waals surface area contributed by atoms with Gasteiger partial charge in [-0.15, -0.1) is 10.2 Å². The van der Waals surface area contributed by atoms with Crippen LogP contribution in [-0.2, 0) is 16.0 Å². The molecule has 6 nitrogen and oxygen atoms in total. The van der Waals surface area contributed by atoms with E-state index in [9.17, 15) is 9.59 Å². The monoisotopic (exact) mass is 336 g/mol. The van der Waals surface area contributed by atoms with Crippen molar-refractivity contribution in [3.8, 4) is 0 Å². The molecule has 0 spiro atoms. The zero-order valence-electron chi connectivity index (χ0n) is 12.0. The molecule has 2 aromatic rings. The van der Waals surface area contributed by atoms with E-state index in [4.69, 9.17) is 5.73 Å². The third-order valence-corrected chi connectivity index (χ3v) is 4.74. The number of nitrogens with two attached hydrogens (primary N) is 1. The number of anilines is 1. The number of thioether (sulfide) groups is 1. The summed E-state index contributed by atoms with van der Waals surface area (Å²) < 4.78 is 0.634. The molecule has 22 heavy (non-hydrogen) atoms. The molecular formula is C14H16N4O2S2. The van der Waals surface area contributed by atoms with E-state index >= 15 is 0 Å². The molecule has 1 unspecified atom stereocenters. The number of hydrogen-bond acceptors (Lipinski definition) is 7. The molecular weight excluding hydrogens is 320 g/mol. The first kappa shape index (κ1) is 16.4. The normalized spacial score (nSPS) is 11.9. The van der Waals surface area contributed by atoms with Crippen molar-refractivity contribution < 1.29 is 9.59 Å². The van der Waals surface area contributed by atoms with Crippen LogP contribution in [-0.4, -0.2) is 33.7 Å². The predicted octanol–water partition coefficient (Wildman–Crippen LogP) is 1.53. The van der Waals surface area contributed by atoms with Crippen LogP contribution in [0.1, 0.15) is 12.5 Å². The summed E-state index contributed by atoms with van der Waals surface area (Å²) in [4.78, 5) is 23.7. The van der Waals surface area contributed by atoms with Crippen molar-refractivity contribution in [3.05, 3.63) is 35.9 Å². The van der Waals surface area contributed by atoms with Gasteiger partial charge in [0.05, 0.1) is 11.8 Å². The molecule has 0 bridgehead atoms. The lowest BCUT2D eigenvalue weighted by Crippen LogP contribution is -2.42. The van der Waals surface area contributed by atoms with Crippen LogP contribution >= 0.6 is 23.1 Å². The summed E-state index contributed by atoms with van der Waals surface area (Å²) >= 11 is 2.48. The van der Waals surface area contributed by atoms with Gasteiger partial charge in [0.25, 0.3) is 0 Å². The maximum absolute atomic E-state index is 12.0. The first-order valence-electron chi connectivity index (χ1n) is 6.60. The lowest BCUT2D eigenvalue weighted by atomic mass is 10.0. The van der Waals surface area contributed by atoms with Gasteiger partial charge in [-0.05, 0) is 18.9 Å². The highest BCUT2D eigenvalue weighted by atomic mass is 32.2. The highest BCUT2D eigenvalue weighted by Gasteiger charge is 2.18. The fourth-order valence-corrected chi connectivity index (χ4v) is 3.24. The molecule has 1 aromatic carbocycles. The largest absolute Gasteiger partial charge is 0.374 e. The summed E-state index contributed by atoms with van der Waals surface area (Å²) in [5.74, 6) is -0.106. The number of nitrogens with zero attached hydrogens (tertiary/aromatic N) is 2. The van der Waals surface area contributed by atoms with Crippen molar-refractivity contribution in [1.29, 1.82) is 0 Å². The molecule has 0 radical (unpaired) electrons. The first-order chi connectivity index (χ1) is 10.5. The Morgan fingerprint density at radius 2 is 2.05 bits per heavy atom. The van der Waals surface area contributed by atoms with E-state index in [-0.39, 0.29) is 17.4 Å². The van der Waals surface area contributed by atoms with Crippen LogP contribution in [0.5, 0.6) is 0 Å². The van der Waals surface area contributed by atoms with E-state index in [0.29, 0.717) is 15.9 Å². The summed E-state index contributed by atoms with van der Waals surface area (Å²) in [7, 11) is 0. The number of rotatable bonds is 7. The number of benzene rings is 1. The Hall–Kier alpha value is -1.93. The minimum Gasteiger partial charge on any atom is -0.374 e. The summed E-state index contributed by atoms with van der Waals surface area (Å²) in [6.45, 7) is 1.48. The molecule has 1 aromatic heterocycles. The molecule has 0 saturated carbocycles. The predicted molar refractivity (Wildman–Crippen MR) is 87.8 cm³/mol. The van der Waals surface area contributed by atoms with Crippen LogP contribution in [0.15, 0.2) is 34.7 Å². The highest BCUT2D eigenvalue weighted by molar-refractivity contribution is 8.01. The molecule has 116 valence electrons. The van der Waals surface area contributed by atoms with E-state index < -0.39 is 6.04 Å². The Morgan fingerprint density at radius 3 is 2.64 bits per heavy atom. The smallest absolute Gasteiger partial charge is 0.231 e. The second-order valence-electron chi connectivity index (χ2n) is 4.62. The van der Waals surface area contributed by atoms with Gasteiger partial charge in [0.2, 0.25) is 11.0 Å². The molecule has 3 N–H and O–H groups in total. The summed E-state index contributed by atoms with van der Waals surface area (Å²) in [6.07, 6.45) is 0.484. The van der Waals surface area contributed by atoms with E-state index in [1.165, 1.54) is 30.0 Å². The van der Waals surface area contributed by atoms with Crippen LogP contribution in [0.3, 0.4) is 0 Å². The average Bonchev–Trinajstić information content (AvgIpc) is 2.91. The lowest BCUT2D eigenvalue weighted by Gasteiger charge is -2.15. The summed E-state index contributed by atoms with van der Waals surface area (Å²) in [6, 6.07) is 9.07. The van der Waals surface area contributed by atoms with Gasteiger partial charge in [-0.2, -0.15) is 0 Å². The Morgan fingerprint density at radius 1 is 1.32 bits per heavy atom. The standard InChI is InChI=1S/C14H16N4O2S2/c1-9(19)11(7-10-5-3-2-4-6-10)16-12(20)8-21-14-18-17-13(15)22-14/h2-6,11H,7-8H2,1H3,(H2,15,17)(H,16,20). The topological polar surface area (TPSA) is 98.0 Å². The van der Waals surface area contributed by atoms with Gasteiger partial charge >= 0.3 is 0 Å². The van der Waals surface area contributed by atoms with Crippen LogP contribution in [0.25, 0.3) is 0 Å². The number of carbonyl (C=O) groups excluding carboxylic acids is 2. The first-order valence-corrected chi connectivity index (χ1v) is 8.40. The fraction of sp³-hybridized carbons (Fsp3) is 0.286. The number of Topliss-reactive ketones (excluding diaryl/α,β-unsaturated/α-hetero) is 1. The highest BCUT2D eigenvalue weighted by Crippen LogP contribution is 2.23. The molecule has 2 rings (SSSR count).